The third-order valence-corrected chi connectivity index (χ3v) is 6.03. The molecule has 1 amide bonds. The third-order valence-electron chi connectivity index (χ3n) is 6.03. The maximum atomic E-state index is 12.3. The van der Waals surface area contributed by atoms with Crippen LogP contribution >= 0.6 is 0 Å². The van der Waals surface area contributed by atoms with Crippen LogP contribution in [0.25, 0.3) is 0 Å². The highest BCUT2D eigenvalue weighted by atomic mass is 16.2. The van der Waals surface area contributed by atoms with E-state index in [1.54, 1.807) is 0 Å². The number of carbonyl (C=O) groups is 1. The summed E-state index contributed by atoms with van der Waals surface area (Å²) in [6.45, 7) is 8.29. The number of hydrogen-bond acceptors (Lipinski definition) is 1. The number of amides is 1. The molecule has 1 N–H and O–H groups in total. The van der Waals surface area contributed by atoms with Crippen molar-refractivity contribution in [1.82, 2.24) is 5.32 Å². The van der Waals surface area contributed by atoms with Crippen LogP contribution < -0.4 is 5.32 Å². The van der Waals surface area contributed by atoms with Crippen molar-refractivity contribution in [1.29, 1.82) is 0 Å². The van der Waals surface area contributed by atoms with Gasteiger partial charge in [-0.1, -0.05) is 20.8 Å². The Morgan fingerprint density at radius 2 is 1.47 bits per heavy atom. The molecule has 4 bridgehead atoms. The number of carbonyl (C=O) groups excluding carboxylic acids is 1. The Balaban J connectivity index is 1.73. The molecule has 2 nitrogen and oxygen atoms in total. The van der Waals surface area contributed by atoms with E-state index in [1.165, 1.54) is 38.5 Å². The predicted molar refractivity (Wildman–Crippen MR) is 77.7 cm³/mol. The number of hydrogen-bond donors (Lipinski definition) is 1. The molecule has 0 saturated heterocycles. The Morgan fingerprint density at radius 3 is 1.84 bits per heavy atom. The molecule has 4 aliphatic rings. The van der Waals surface area contributed by atoms with E-state index in [4.69, 9.17) is 0 Å². The summed E-state index contributed by atoms with van der Waals surface area (Å²) in [6, 6.07) is 0.354. The fourth-order valence-electron chi connectivity index (χ4n) is 5.27. The molecule has 4 aliphatic carbocycles. The summed E-state index contributed by atoms with van der Waals surface area (Å²) >= 11 is 0. The van der Waals surface area contributed by atoms with Gasteiger partial charge >= 0.3 is 0 Å². The predicted octanol–water partition coefficient (Wildman–Crippen LogP) is 3.75. The number of rotatable bonds is 2. The zero-order chi connectivity index (χ0) is 13.8. The summed E-state index contributed by atoms with van der Waals surface area (Å²) < 4.78 is 0. The van der Waals surface area contributed by atoms with E-state index in [1.807, 2.05) is 20.8 Å². The second-order valence-corrected chi connectivity index (χ2v) is 8.73. The molecule has 0 aromatic heterocycles. The highest BCUT2D eigenvalue weighted by Gasteiger charge is 2.53. The number of nitrogens with one attached hydrogen (secondary N) is 1. The van der Waals surface area contributed by atoms with Gasteiger partial charge in [0.2, 0.25) is 5.91 Å². The van der Waals surface area contributed by atoms with Crippen molar-refractivity contribution in [3.8, 4) is 0 Å². The minimum absolute atomic E-state index is 0.218. The summed E-state index contributed by atoms with van der Waals surface area (Å²) in [4.78, 5) is 12.3. The fourth-order valence-corrected chi connectivity index (χ4v) is 5.27. The van der Waals surface area contributed by atoms with Crippen LogP contribution in [0.4, 0.5) is 0 Å². The smallest absolute Gasteiger partial charge is 0.225 e. The molecule has 19 heavy (non-hydrogen) atoms. The lowest BCUT2D eigenvalue weighted by Gasteiger charge is -2.59. The van der Waals surface area contributed by atoms with Crippen LogP contribution in [0.15, 0.2) is 0 Å². The lowest BCUT2D eigenvalue weighted by Crippen LogP contribution is -2.57. The molecule has 2 heteroatoms. The SMILES string of the molecule is C[C@@H](NC(=O)C(C)(C)C)C12CC3CC(CC(C3)C1)C2. The molecular formula is C17H29NO. The summed E-state index contributed by atoms with van der Waals surface area (Å²) in [6.07, 6.45) is 8.51. The van der Waals surface area contributed by atoms with Gasteiger partial charge in [-0.2, -0.15) is 0 Å². The van der Waals surface area contributed by atoms with Crippen LogP contribution in [0.3, 0.4) is 0 Å². The molecule has 4 rings (SSSR count). The zero-order valence-electron chi connectivity index (χ0n) is 13.0. The average Bonchev–Trinajstić information content (AvgIpc) is 2.25. The van der Waals surface area contributed by atoms with Crippen molar-refractivity contribution < 1.29 is 4.79 Å². The van der Waals surface area contributed by atoms with Gasteiger partial charge < -0.3 is 5.32 Å². The van der Waals surface area contributed by atoms with E-state index in [0.717, 1.165) is 17.8 Å². The van der Waals surface area contributed by atoms with Crippen molar-refractivity contribution in [2.24, 2.45) is 28.6 Å². The van der Waals surface area contributed by atoms with Crippen molar-refractivity contribution in [3.05, 3.63) is 0 Å². The van der Waals surface area contributed by atoms with Crippen LogP contribution in [-0.4, -0.2) is 11.9 Å². The lowest BCUT2D eigenvalue weighted by molar-refractivity contribution is -0.133. The van der Waals surface area contributed by atoms with Gasteiger partial charge in [0.1, 0.15) is 0 Å². The van der Waals surface area contributed by atoms with Gasteiger partial charge in [-0.15, -0.1) is 0 Å². The van der Waals surface area contributed by atoms with E-state index in [9.17, 15) is 4.79 Å². The Hall–Kier alpha value is -0.530. The first-order valence-electron chi connectivity index (χ1n) is 8.09. The second-order valence-electron chi connectivity index (χ2n) is 8.73. The maximum Gasteiger partial charge on any atom is 0.225 e. The first-order valence-corrected chi connectivity index (χ1v) is 8.09. The summed E-state index contributed by atoms with van der Waals surface area (Å²) in [5, 5.41) is 3.34. The van der Waals surface area contributed by atoms with Gasteiger partial charge in [0.15, 0.2) is 0 Å². The Bertz CT molecular complexity index is 344. The monoisotopic (exact) mass is 263 g/mol. The van der Waals surface area contributed by atoms with Gasteiger partial charge in [-0.3, -0.25) is 4.79 Å². The molecule has 4 fully saturated rings. The topological polar surface area (TPSA) is 29.1 Å². The van der Waals surface area contributed by atoms with Crippen LogP contribution in [0.2, 0.25) is 0 Å². The standard InChI is InChI=1S/C17H29NO/c1-11(18-15(19)16(2,3)4)17-8-12-5-13(9-17)7-14(6-12)10-17/h11-14H,5-10H2,1-4H3,(H,18,19)/t11-,12?,13?,14?,17?/m1/s1. The van der Waals surface area contributed by atoms with Gasteiger partial charge in [-0.25, -0.2) is 0 Å². The summed E-state index contributed by atoms with van der Waals surface area (Å²) in [5.41, 5.74) is 0.159. The molecule has 0 unspecified atom stereocenters. The van der Waals surface area contributed by atoms with E-state index in [-0.39, 0.29) is 11.3 Å². The highest BCUT2D eigenvalue weighted by molar-refractivity contribution is 5.81. The van der Waals surface area contributed by atoms with E-state index in [0.29, 0.717) is 11.5 Å². The van der Waals surface area contributed by atoms with Crippen LogP contribution in [0, 0.1) is 28.6 Å². The molecule has 0 aromatic carbocycles. The molecule has 0 aliphatic heterocycles. The van der Waals surface area contributed by atoms with Gasteiger partial charge in [0.25, 0.3) is 0 Å². The van der Waals surface area contributed by atoms with Crippen LogP contribution in [0.1, 0.15) is 66.2 Å². The van der Waals surface area contributed by atoms with Crippen LogP contribution in [-0.2, 0) is 4.79 Å². The van der Waals surface area contributed by atoms with Gasteiger partial charge in [-0.05, 0) is 68.6 Å². The van der Waals surface area contributed by atoms with E-state index >= 15 is 0 Å². The molecule has 108 valence electrons. The Labute approximate surface area is 117 Å². The maximum absolute atomic E-state index is 12.3. The van der Waals surface area contributed by atoms with Crippen molar-refractivity contribution in [2.75, 3.05) is 0 Å². The van der Waals surface area contributed by atoms with Crippen molar-refractivity contribution in [3.63, 3.8) is 0 Å². The largest absolute Gasteiger partial charge is 0.353 e. The van der Waals surface area contributed by atoms with Crippen LogP contribution in [0.5, 0.6) is 0 Å². The minimum atomic E-state index is -0.267. The van der Waals surface area contributed by atoms with Crippen molar-refractivity contribution >= 4 is 5.91 Å². The normalized spacial score (nSPS) is 42.2. The highest BCUT2D eigenvalue weighted by Crippen LogP contribution is 2.61. The average molecular weight is 263 g/mol. The fraction of sp³-hybridized carbons (Fsp3) is 0.941. The molecule has 4 saturated carbocycles. The Morgan fingerprint density at radius 1 is 1.05 bits per heavy atom. The molecule has 0 heterocycles. The zero-order valence-corrected chi connectivity index (χ0v) is 13.0. The molecule has 0 aromatic rings. The van der Waals surface area contributed by atoms with Gasteiger partial charge in [0.05, 0.1) is 0 Å². The second kappa shape index (κ2) is 4.23. The quantitative estimate of drug-likeness (QED) is 0.807. The summed E-state index contributed by atoms with van der Waals surface area (Å²) in [7, 11) is 0. The van der Waals surface area contributed by atoms with E-state index in [2.05, 4.69) is 12.2 Å². The van der Waals surface area contributed by atoms with E-state index < -0.39 is 0 Å². The summed E-state index contributed by atoms with van der Waals surface area (Å²) in [5.74, 6) is 3.09. The molecular weight excluding hydrogens is 234 g/mol. The third kappa shape index (κ3) is 2.32. The first kappa shape index (κ1) is 13.5. The van der Waals surface area contributed by atoms with Crippen molar-refractivity contribution in [2.45, 2.75) is 72.3 Å². The molecule has 0 radical (unpaired) electrons. The lowest BCUT2D eigenvalue weighted by atomic mass is 9.48. The Kier molecular flexibility index (Phi) is 3.00. The minimum Gasteiger partial charge on any atom is -0.353 e. The first-order chi connectivity index (χ1) is 8.78. The molecule has 1 atom stereocenters. The molecule has 0 spiro atoms. The van der Waals surface area contributed by atoms with Gasteiger partial charge in [0, 0.05) is 11.5 Å².